The standard InChI is InChI=1S/C17H14N6.2C17H13N5O/c18-13-5-3-4-11(8-13)12-9-21-17-15(14-6-1-2-7-20-14)16(19)22-23(17)10-12;18-16-15(14-6-1-2-7-19-14)17-20-9-12(10-22(17)21-16)11-4-3-5-13(23)8-11;18-16-15(14-3-1-2-8-19-14)17-20-9-12(10-22(17)21-16)11-4-6-13(23)7-5-11/h1-10H,18H2,(H2,19,22);2*1-10,23H,(H2,18,21). The number of fused-ring (bicyclic) bond motifs is 3. The predicted molar refractivity (Wildman–Crippen MR) is 266 cm³/mol. The number of hydrogen-bond acceptors (Lipinski definition) is 15. The molecule has 9 aromatic heterocycles. The highest BCUT2D eigenvalue weighted by Crippen LogP contribution is 2.32. The van der Waals surface area contributed by atoms with Crippen LogP contribution in [0.3, 0.4) is 0 Å². The zero-order valence-corrected chi connectivity index (χ0v) is 36.4. The van der Waals surface area contributed by atoms with E-state index in [0.717, 1.165) is 61.6 Å². The summed E-state index contributed by atoms with van der Waals surface area (Å²) < 4.78 is 4.97. The lowest BCUT2D eigenvalue weighted by atomic mass is 10.1. The summed E-state index contributed by atoms with van der Waals surface area (Å²) in [6.45, 7) is 0. The van der Waals surface area contributed by atoms with Gasteiger partial charge >= 0.3 is 0 Å². The van der Waals surface area contributed by atoms with Crippen LogP contribution in [0, 0.1) is 0 Å². The number of nitrogens with two attached hydrogens (primary N) is 4. The monoisotopic (exact) mass is 908 g/mol. The highest BCUT2D eigenvalue weighted by atomic mass is 16.3. The first kappa shape index (κ1) is 42.7. The maximum atomic E-state index is 9.61. The summed E-state index contributed by atoms with van der Waals surface area (Å²) in [4.78, 5) is 26.5. The van der Waals surface area contributed by atoms with Crippen molar-refractivity contribution >= 4 is 40.1 Å². The van der Waals surface area contributed by atoms with Crippen molar-refractivity contribution in [3.8, 4) is 78.7 Å². The zero-order valence-electron chi connectivity index (χ0n) is 36.4. The minimum atomic E-state index is 0.205. The summed E-state index contributed by atoms with van der Waals surface area (Å²) in [5.41, 5.74) is 36.5. The van der Waals surface area contributed by atoms with Crippen LogP contribution >= 0.6 is 0 Å². The molecule has 10 N–H and O–H groups in total. The number of phenols is 2. The van der Waals surface area contributed by atoms with Gasteiger partial charge in [0, 0.05) is 78.1 Å². The quantitative estimate of drug-likeness (QED) is 0.0860. The molecule has 0 radical (unpaired) electrons. The molecule has 0 fully saturated rings. The fraction of sp³-hybridized carbons (Fsp3) is 0. The molecule has 0 bridgehead atoms. The van der Waals surface area contributed by atoms with Gasteiger partial charge in [-0.15, -0.1) is 15.3 Å². The molecule has 18 heteroatoms. The molecule has 0 spiro atoms. The second-order valence-corrected chi connectivity index (χ2v) is 15.5. The topological polar surface area (TPSA) is 274 Å². The van der Waals surface area contributed by atoms with E-state index >= 15 is 0 Å². The number of benzene rings is 3. The van der Waals surface area contributed by atoms with Gasteiger partial charge in [0.05, 0.1) is 33.8 Å². The number of pyridine rings is 3. The Balaban J connectivity index is 0.000000120. The molecule has 0 unspecified atom stereocenters. The van der Waals surface area contributed by atoms with Gasteiger partial charge < -0.3 is 33.1 Å². The molecule has 18 nitrogen and oxygen atoms in total. The Morgan fingerprint density at radius 2 is 0.754 bits per heavy atom. The highest BCUT2D eigenvalue weighted by molar-refractivity contribution is 5.87. The second-order valence-electron chi connectivity index (χ2n) is 15.5. The van der Waals surface area contributed by atoms with Crippen molar-refractivity contribution in [2.75, 3.05) is 22.9 Å². The second kappa shape index (κ2) is 18.3. The number of hydrogen-bond donors (Lipinski definition) is 6. The van der Waals surface area contributed by atoms with Crippen LogP contribution in [-0.2, 0) is 0 Å². The predicted octanol–water partition coefficient (Wildman–Crippen LogP) is 8.11. The Kier molecular flexibility index (Phi) is 11.3. The summed E-state index contributed by atoms with van der Waals surface area (Å²) in [7, 11) is 0. The Morgan fingerprint density at radius 3 is 1.14 bits per heavy atom. The first-order chi connectivity index (χ1) is 33.7. The average Bonchev–Trinajstić information content (AvgIpc) is 4.02. The summed E-state index contributed by atoms with van der Waals surface area (Å²) in [5, 5.41) is 32.0. The first-order valence-electron chi connectivity index (χ1n) is 21.3. The van der Waals surface area contributed by atoms with E-state index in [-0.39, 0.29) is 11.5 Å². The summed E-state index contributed by atoms with van der Waals surface area (Å²) >= 11 is 0. The van der Waals surface area contributed by atoms with Crippen molar-refractivity contribution in [3.63, 3.8) is 0 Å². The number of rotatable bonds is 6. The van der Waals surface area contributed by atoms with Crippen molar-refractivity contribution in [2.45, 2.75) is 0 Å². The number of nitrogens with zero attached hydrogens (tertiary/aromatic N) is 12. The molecule has 12 aromatic rings. The van der Waals surface area contributed by atoms with Crippen LogP contribution in [0.15, 0.2) is 183 Å². The molecule has 69 heavy (non-hydrogen) atoms. The SMILES string of the molecule is Nc1cccc(-c2cnc3c(-c4ccccn4)c(N)nn3c2)c1.Nc1nn2cc(-c3ccc(O)cc3)cnc2c1-c1ccccn1.Nc1nn2cc(-c3cccc(O)c3)cnc2c1-c1ccccn1. The number of phenolic OH excluding ortho intramolecular Hbond substituents is 2. The van der Waals surface area contributed by atoms with Crippen molar-refractivity contribution in [1.29, 1.82) is 0 Å². The molecular formula is C51H40N16O2. The molecule has 0 aliphatic carbocycles. The molecule has 0 amide bonds. The van der Waals surface area contributed by atoms with E-state index in [1.54, 1.807) is 81.1 Å². The molecule has 9 heterocycles. The van der Waals surface area contributed by atoms with E-state index in [4.69, 9.17) is 22.9 Å². The van der Waals surface area contributed by atoms with Gasteiger partial charge in [-0.1, -0.05) is 54.6 Å². The molecule has 0 saturated heterocycles. The van der Waals surface area contributed by atoms with Crippen LogP contribution in [0.1, 0.15) is 0 Å². The van der Waals surface area contributed by atoms with Crippen LogP contribution in [0.5, 0.6) is 11.5 Å². The van der Waals surface area contributed by atoms with Gasteiger partial charge in [0.2, 0.25) is 0 Å². The minimum Gasteiger partial charge on any atom is -0.508 e. The van der Waals surface area contributed by atoms with Crippen LogP contribution in [0.2, 0.25) is 0 Å². The summed E-state index contributed by atoms with van der Waals surface area (Å²) in [6.07, 6.45) is 16.0. The molecule has 0 aliphatic rings. The Hall–Kier alpha value is -10.2. The van der Waals surface area contributed by atoms with Crippen LogP contribution in [0.4, 0.5) is 23.1 Å². The Bertz CT molecular complexity index is 3580. The van der Waals surface area contributed by atoms with Crippen molar-refractivity contribution in [2.24, 2.45) is 0 Å². The third-order valence-electron chi connectivity index (χ3n) is 10.9. The summed E-state index contributed by atoms with van der Waals surface area (Å²) in [6, 6.07) is 38.4. The van der Waals surface area contributed by atoms with Gasteiger partial charge in [0.25, 0.3) is 0 Å². The lowest BCUT2D eigenvalue weighted by Crippen LogP contribution is -1.93. The van der Waals surface area contributed by atoms with E-state index in [1.807, 2.05) is 116 Å². The first-order valence-corrected chi connectivity index (χ1v) is 21.3. The van der Waals surface area contributed by atoms with Crippen molar-refractivity contribution in [3.05, 3.63) is 183 Å². The van der Waals surface area contributed by atoms with Gasteiger partial charge in [-0.2, -0.15) is 0 Å². The molecule has 336 valence electrons. The van der Waals surface area contributed by atoms with Gasteiger partial charge in [0.1, 0.15) is 11.5 Å². The number of aromatic hydroxyl groups is 2. The Morgan fingerprint density at radius 1 is 0.348 bits per heavy atom. The average molecular weight is 909 g/mol. The van der Waals surface area contributed by atoms with Crippen LogP contribution in [0.25, 0.3) is 84.1 Å². The smallest absolute Gasteiger partial charge is 0.166 e. The van der Waals surface area contributed by atoms with Crippen LogP contribution in [-0.4, -0.2) is 69.0 Å². The number of anilines is 4. The molecule has 0 atom stereocenters. The number of aromatic nitrogens is 12. The van der Waals surface area contributed by atoms with E-state index in [9.17, 15) is 10.2 Å². The maximum Gasteiger partial charge on any atom is 0.166 e. The lowest BCUT2D eigenvalue weighted by molar-refractivity contribution is 0.475. The van der Waals surface area contributed by atoms with Crippen molar-refractivity contribution < 1.29 is 10.2 Å². The molecule has 3 aromatic carbocycles. The lowest BCUT2D eigenvalue weighted by Gasteiger charge is -2.03. The van der Waals surface area contributed by atoms with E-state index in [1.165, 1.54) is 0 Å². The third kappa shape index (κ3) is 8.82. The largest absolute Gasteiger partial charge is 0.508 e. The summed E-state index contributed by atoms with van der Waals surface area (Å²) in [5.74, 6) is 1.60. The minimum absolute atomic E-state index is 0.205. The Labute approximate surface area is 392 Å². The van der Waals surface area contributed by atoms with Gasteiger partial charge in [-0.25, -0.2) is 28.5 Å². The van der Waals surface area contributed by atoms with Gasteiger partial charge in [0.15, 0.2) is 34.4 Å². The van der Waals surface area contributed by atoms with Gasteiger partial charge in [-0.05, 0) is 89.5 Å². The maximum absolute atomic E-state index is 9.61. The van der Waals surface area contributed by atoms with Crippen molar-refractivity contribution in [1.82, 2.24) is 58.7 Å². The van der Waals surface area contributed by atoms with E-state index in [0.29, 0.717) is 45.6 Å². The van der Waals surface area contributed by atoms with E-state index in [2.05, 4.69) is 45.2 Å². The van der Waals surface area contributed by atoms with Crippen LogP contribution < -0.4 is 22.9 Å². The van der Waals surface area contributed by atoms with Gasteiger partial charge in [-0.3, -0.25) is 15.0 Å². The molecule has 0 aliphatic heterocycles. The molecule has 0 saturated carbocycles. The zero-order chi connectivity index (χ0) is 47.4. The highest BCUT2D eigenvalue weighted by Gasteiger charge is 2.18. The molecule has 12 rings (SSSR count). The van der Waals surface area contributed by atoms with E-state index < -0.39 is 0 Å². The molecular weight excluding hydrogens is 869 g/mol. The fourth-order valence-corrected chi connectivity index (χ4v) is 7.63. The fourth-order valence-electron chi connectivity index (χ4n) is 7.63. The number of nitrogen functional groups attached to an aromatic ring is 4. The third-order valence-corrected chi connectivity index (χ3v) is 10.9. The normalized spacial score (nSPS) is 11.0.